The molecule has 1 unspecified atom stereocenters. The molecule has 0 aliphatic rings. The molecule has 22 heavy (non-hydrogen) atoms. The molecule has 0 saturated heterocycles. The maximum absolute atomic E-state index is 13.3. The molecule has 0 aliphatic carbocycles. The first-order valence-electron chi connectivity index (χ1n) is 6.58. The van der Waals surface area contributed by atoms with Gasteiger partial charge in [0.2, 0.25) is 5.91 Å². The van der Waals surface area contributed by atoms with Crippen molar-refractivity contribution in [1.29, 1.82) is 0 Å². The van der Waals surface area contributed by atoms with Crippen molar-refractivity contribution in [3.05, 3.63) is 47.8 Å². The third kappa shape index (κ3) is 3.87. The van der Waals surface area contributed by atoms with Gasteiger partial charge >= 0.3 is 5.97 Å². The van der Waals surface area contributed by atoms with Crippen LogP contribution >= 0.6 is 0 Å². The van der Waals surface area contributed by atoms with E-state index in [1.165, 1.54) is 42.5 Å². The molecular weight excluding hydrogens is 291 g/mol. The molecule has 8 heteroatoms. The van der Waals surface area contributed by atoms with Crippen molar-refractivity contribution in [1.82, 2.24) is 20.1 Å². The molecule has 1 amide bonds. The summed E-state index contributed by atoms with van der Waals surface area (Å²) in [4.78, 5) is 26.9. The Morgan fingerprint density at radius 3 is 2.82 bits per heavy atom. The molecular formula is C14H15FN4O3. The molecule has 0 saturated carbocycles. The number of halogens is 1. The Kier molecular flexibility index (Phi) is 4.82. The van der Waals surface area contributed by atoms with E-state index in [-0.39, 0.29) is 6.42 Å². The van der Waals surface area contributed by atoms with Crippen LogP contribution in [0.1, 0.15) is 23.6 Å². The Morgan fingerprint density at radius 1 is 1.45 bits per heavy atom. The van der Waals surface area contributed by atoms with Gasteiger partial charge in [0.25, 0.3) is 0 Å². The van der Waals surface area contributed by atoms with Crippen molar-refractivity contribution in [3.63, 3.8) is 0 Å². The number of rotatable bonds is 6. The second-order valence-corrected chi connectivity index (χ2v) is 4.76. The molecule has 116 valence electrons. The predicted molar refractivity (Wildman–Crippen MR) is 74.3 cm³/mol. The number of carboxylic acid groups (broad SMARTS) is 1. The van der Waals surface area contributed by atoms with Crippen molar-refractivity contribution in [2.75, 3.05) is 0 Å². The van der Waals surface area contributed by atoms with Gasteiger partial charge < -0.3 is 10.4 Å². The number of carboxylic acids is 1. The number of aryl methyl sites for hydroxylation is 2. The van der Waals surface area contributed by atoms with Gasteiger partial charge in [0, 0.05) is 6.42 Å². The number of nitrogens with one attached hydrogen (secondary N) is 1. The van der Waals surface area contributed by atoms with E-state index in [0.29, 0.717) is 17.7 Å². The van der Waals surface area contributed by atoms with Crippen molar-refractivity contribution in [2.45, 2.75) is 25.9 Å². The van der Waals surface area contributed by atoms with Crippen LogP contribution in [0, 0.1) is 12.7 Å². The number of carbonyl (C=O) groups is 2. The van der Waals surface area contributed by atoms with Gasteiger partial charge in [-0.25, -0.2) is 14.2 Å². The third-order valence-corrected chi connectivity index (χ3v) is 3.10. The second kappa shape index (κ2) is 6.79. The van der Waals surface area contributed by atoms with Gasteiger partial charge in [0.15, 0.2) is 6.04 Å². The predicted octanol–water partition coefficient (Wildman–Crippen LogP) is 1.06. The Hall–Kier alpha value is -2.77. The summed E-state index contributed by atoms with van der Waals surface area (Å²) in [5, 5.41) is 15.5. The van der Waals surface area contributed by atoms with Crippen molar-refractivity contribution in [2.24, 2.45) is 0 Å². The minimum absolute atomic E-state index is 0.0628. The molecule has 1 aromatic carbocycles. The summed E-state index contributed by atoms with van der Waals surface area (Å²) >= 11 is 0. The van der Waals surface area contributed by atoms with Crippen LogP contribution in [-0.4, -0.2) is 31.7 Å². The normalized spacial score (nSPS) is 11.9. The van der Waals surface area contributed by atoms with Crippen molar-refractivity contribution in [3.8, 4) is 0 Å². The summed E-state index contributed by atoms with van der Waals surface area (Å²) < 4.78 is 14.7. The third-order valence-electron chi connectivity index (χ3n) is 3.10. The van der Waals surface area contributed by atoms with E-state index in [0.717, 1.165) is 0 Å². The van der Waals surface area contributed by atoms with E-state index in [2.05, 4.69) is 15.4 Å². The molecule has 2 aromatic rings. The van der Waals surface area contributed by atoms with Crippen LogP contribution in [0.15, 0.2) is 30.9 Å². The molecule has 1 aromatic heterocycles. The number of hydrogen-bond donors (Lipinski definition) is 2. The summed E-state index contributed by atoms with van der Waals surface area (Å²) in [6, 6.07) is 2.72. The maximum Gasteiger partial charge on any atom is 0.330 e. The van der Waals surface area contributed by atoms with Crippen LogP contribution in [0.5, 0.6) is 0 Å². The quantitative estimate of drug-likeness (QED) is 0.831. The van der Waals surface area contributed by atoms with Crippen LogP contribution in [0.4, 0.5) is 4.39 Å². The SMILES string of the molecule is Cc1cc(C(NC(=O)CCn2cncn2)C(=O)O)ccc1F. The number of carbonyl (C=O) groups excluding carboxylic acids is 1. The van der Waals surface area contributed by atoms with E-state index >= 15 is 0 Å². The zero-order valence-corrected chi connectivity index (χ0v) is 11.9. The Labute approximate surface area is 125 Å². The highest BCUT2D eigenvalue weighted by atomic mass is 19.1. The van der Waals surface area contributed by atoms with Gasteiger partial charge in [-0.1, -0.05) is 12.1 Å². The first kappa shape index (κ1) is 15.6. The van der Waals surface area contributed by atoms with Gasteiger partial charge in [0.1, 0.15) is 18.5 Å². The average Bonchev–Trinajstić information content (AvgIpc) is 2.98. The standard InChI is InChI=1S/C14H15FN4O3/c1-9-6-10(2-3-11(9)15)13(14(21)22)18-12(20)4-5-19-8-16-7-17-19/h2-3,6-8,13H,4-5H2,1H3,(H,18,20)(H,21,22). The zero-order valence-electron chi connectivity index (χ0n) is 11.9. The van der Waals surface area contributed by atoms with Crippen molar-refractivity contribution < 1.29 is 19.1 Å². The highest BCUT2D eigenvalue weighted by molar-refractivity contribution is 5.84. The molecule has 7 nitrogen and oxygen atoms in total. The Balaban J connectivity index is 2.03. The summed E-state index contributed by atoms with van der Waals surface area (Å²) in [6.45, 7) is 1.82. The molecule has 0 spiro atoms. The molecule has 0 radical (unpaired) electrons. The molecule has 2 rings (SSSR count). The maximum atomic E-state index is 13.3. The molecule has 0 aliphatic heterocycles. The number of benzene rings is 1. The van der Waals surface area contributed by atoms with Crippen LogP contribution in [-0.2, 0) is 16.1 Å². The fourth-order valence-electron chi connectivity index (χ4n) is 1.93. The summed E-state index contributed by atoms with van der Waals surface area (Å²) in [5.41, 5.74) is 0.640. The molecule has 0 bridgehead atoms. The largest absolute Gasteiger partial charge is 0.479 e. The van der Waals surface area contributed by atoms with Gasteiger partial charge in [0.05, 0.1) is 6.54 Å². The fraction of sp³-hybridized carbons (Fsp3) is 0.286. The zero-order chi connectivity index (χ0) is 16.1. The number of hydrogen-bond acceptors (Lipinski definition) is 4. The number of amides is 1. The topological polar surface area (TPSA) is 97.1 Å². The lowest BCUT2D eigenvalue weighted by atomic mass is 10.0. The summed E-state index contributed by atoms with van der Waals surface area (Å²) in [7, 11) is 0. The van der Waals surface area contributed by atoms with E-state index in [1.807, 2.05) is 0 Å². The van der Waals surface area contributed by atoms with E-state index < -0.39 is 23.7 Å². The van der Waals surface area contributed by atoms with Gasteiger partial charge in [-0.3, -0.25) is 9.48 Å². The van der Waals surface area contributed by atoms with E-state index in [1.54, 1.807) is 0 Å². The van der Waals surface area contributed by atoms with Crippen LogP contribution < -0.4 is 5.32 Å². The van der Waals surface area contributed by atoms with Gasteiger partial charge in [-0.15, -0.1) is 0 Å². The second-order valence-electron chi connectivity index (χ2n) is 4.76. The molecule has 0 fully saturated rings. The highest BCUT2D eigenvalue weighted by Crippen LogP contribution is 2.17. The first-order chi connectivity index (χ1) is 10.5. The Morgan fingerprint density at radius 2 is 2.23 bits per heavy atom. The van der Waals surface area contributed by atoms with Crippen LogP contribution in [0.3, 0.4) is 0 Å². The lowest BCUT2D eigenvalue weighted by molar-refractivity contribution is -0.142. The first-order valence-corrected chi connectivity index (χ1v) is 6.58. The van der Waals surface area contributed by atoms with Crippen LogP contribution in [0.25, 0.3) is 0 Å². The average molecular weight is 306 g/mol. The smallest absolute Gasteiger partial charge is 0.330 e. The summed E-state index contributed by atoms with van der Waals surface area (Å²) in [6.07, 6.45) is 2.87. The molecule has 2 N–H and O–H groups in total. The monoisotopic (exact) mass is 306 g/mol. The highest BCUT2D eigenvalue weighted by Gasteiger charge is 2.22. The molecule has 1 heterocycles. The van der Waals surface area contributed by atoms with Gasteiger partial charge in [-0.05, 0) is 24.1 Å². The molecule has 1 atom stereocenters. The van der Waals surface area contributed by atoms with E-state index in [9.17, 15) is 19.1 Å². The Bertz CT molecular complexity index is 673. The minimum Gasteiger partial charge on any atom is -0.479 e. The number of aliphatic carboxylic acids is 1. The summed E-state index contributed by atoms with van der Waals surface area (Å²) in [5.74, 6) is -2.07. The van der Waals surface area contributed by atoms with Crippen LogP contribution in [0.2, 0.25) is 0 Å². The van der Waals surface area contributed by atoms with E-state index in [4.69, 9.17) is 0 Å². The minimum atomic E-state index is -1.22. The number of aromatic nitrogens is 3. The lowest BCUT2D eigenvalue weighted by Gasteiger charge is -2.15. The van der Waals surface area contributed by atoms with Gasteiger partial charge in [-0.2, -0.15) is 5.10 Å². The lowest BCUT2D eigenvalue weighted by Crippen LogP contribution is -2.34. The fourth-order valence-corrected chi connectivity index (χ4v) is 1.93. The number of nitrogens with zero attached hydrogens (tertiary/aromatic N) is 3. The van der Waals surface area contributed by atoms with Crippen molar-refractivity contribution >= 4 is 11.9 Å².